The van der Waals surface area contributed by atoms with Crippen LogP contribution in [0.5, 0.6) is 5.75 Å². The Labute approximate surface area is 284 Å². The third kappa shape index (κ3) is 8.63. The number of carbonyl (C=O) groups is 2. The van der Waals surface area contributed by atoms with Crippen LogP contribution in [0.3, 0.4) is 0 Å². The zero-order chi connectivity index (χ0) is 34.1. The highest BCUT2D eigenvalue weighted by molar-refractivity contribution is 7.92. The van der Waals surface area contributed by atoms with Crippen LogP contribution in [-0.2, 0) is 32.6 Å². The molecule has 9 heteroatoms. The molecule has 1 N–H and O–H groups in total. The molecule has 0 saturated heterocycles. The number of methoxy groups -OCH3 is 1. The van der Waals surface area contributed by atoms with Crippen molar-refractivity contribution in [1.82, 2.24) is 10.2 Å². The molecule has 0 aliphatic heterocycles. The first-order chi connectivity index (χ1) is 23.2. The zero-order valence-corrected chi connectivity index (χ0v) is 28.7. The quantitative estimate of drug-likeness (QED) is 0.161. The summed E-state index contributed by atoms with van der Waals surface area (Å²) >= 11 is 0. The summed E-state index contributed by atoms with van der Waals surface area (Å²) in [6, 6.07) is 31.5. The maximum absolute atomic E-state index is 14.7. The van der Waals surface area contributed by atoms with E-state index in [2.05, 4.69) is 19.2 Å². The summed E-state index contributed by atoms with van der Waals surface area (Å²) in [6.45, 7) is 3.72. The average Bonchev–Trinajstić information content (AvgIpc) is 3.62. The lowest BCUT2D eigenvalue weighted by Crippen LogP contribution is -2.54. The van der Waals surface area contributed by atoms with Gasteiger partial charge in [0.05, 0.1) is 17.7 Å². The molecule has 0 heterocycles. The van der Waals surface area contributed by atoms with Gasteiger partial charge in [-0.05, 0) is 71.8 Å². The number of hydrogen-bond acceptors (Lipinski definition) is 5. The van der Waals surface area contributed by atoms with Gasteiger partial charge in [0, 0.05) is 19.0 Å². The number of amides is 2. The second-order valence-electron chi connectivity index (χ2n) is 12.6. The maximum Gasteiger partial charge on any atom is 0.264 e. The molecule has 4 aromatic carbocycles. The molecular weight excluding hydrogens is 623 g/mol. The topological polar surface area (TPSA) is 96.0 Å². The zero-order valence-electron chi connectivity index (χ0n) is 27.9. The molecule has 4 aromatic rings. The summed E-state index contributed by atoms with van der Waals surface area (Å²) < 4.78 is 35.1. The van der Waals surface area contributed by atoms with Crippen molar-refractivity contribution in [3.05, 3.63) is 126 Å². The molecule has 0 bridgehead atoms. The Bertz CT molecular complexity index is 1760. The predicted molar refractivity (Wildman–Crippen MR) is 189 cm³/mol. The van der Waals surface area contributed by atoms with Crippen LogP contribution in [0, 0.1) is 0 Å². The SMILES string of the molecule is COc1cccc(CN(C(=O)CN(c2ccc(C(C)C)cc2)S(=O)(=O)c2ccccc2)[C@@H](Cc2ccccc2)C(=O)NC2CCCC2)c1. The Kier molecular flexibility index (Phi) is 11.5. The monoisotopic (exact) mass is 667 g/mol. The van der Waals surface area contributed by atoms with Gasteiger partial charge in [0.1, 0.15) is 18.3 Å². The molecule has 1 atom stereocenters. The molecule has 1 fully saturated rings. The highest BCUT2D eigenvalue weighted by Crippen LogP contribution is 2.28. The van der Waals surface area contributed by atoms with Crippen molar-refractivity contribution in [2.75, 3.05) is 18.0 Å². The molecule has 48 heavy (non-hydrogen) atoms. The third-order valence-corrected chi connectivity index (χ3v) is 10.7. The number of ether oxygens (including phenoxy) is 1. The van der Waals surface area contributed by atoms with E-state index in [0.717, 1.165) is 46.7 Å². The molecule has 1 aliphatic rings. The number of benzene rings is 4. The van der Waals surface area contributed by atoms with Gasteiger partial charge in [-0.2, -0.15) is 0 Å². The van der Waals surface area contributed by atoms with E-state index in [1.807, 2.05) is 66.7 Å². The summed E-state index contributed by atoms with van der Waals surface area (Å²) in [5, 5.41) is 3.21. The van der Waals surface area contributed by atoms with E-state index in [0.29, 0.717) is 11.4 Å². The molecule has 8 nitrogen and oxygen atoms in total. The lowest BCUT2D eigenvalue weighted by molar-refractivity contribution is -0.140. The Balaban J connectivity index is 1.57. The minimum absolute atomic E-state index is 0.0407. The molecule has 5 rings (SSSR count). The number of hydrogen-bond donors (Lipinski definition) is 1. The van der Waals surface area contributed by atoms with Gasteiger partial charge in [-0.1, -0.05) is 99.5 Å². The highest BCUT2D eigenvalue weighted by Gasteiger charge is 2.35. The number of nitrogens with one attached hydrogen (secondary N) is 1. The van der Waals surface area contributed by atoms with Crippen molar-refractivity contribution in [2.45, 2.75) is 75.4 Å². The number of nitrogens with zero attached hydrogens (tertiary/aromatic N) is 2. The minimum atomic E-state index is -4.16. The maximum atomic E-state index is 14.7. The molecule has 0 unspecified atom stereocenters. The van der Waals surface area contributed by atoms with E-state index in [4.69, 9.17) is 4.74 Å². The van der Waals surface area contributed by atoms with Gasteiger partial charge in [0.2, 0.25) is 11.8 Å². The molecule has 0 radical (unpaired) electrons. The molecule has 2 amide bonds. The van der Waals surface area contributed by atoms with Gasteiger partial charge < -0.3 is 15.0 Å². The Hall–Kier alpha value is -4.63. The number of anilines is 1. The molecule has 252 valence electrons. The summed E-state index contributed by atoms with van der Waals surface area (Å²) in [5.41, 5.74) is 3.07. The lowest BCUT2D eigenvalue weighted by atomic mass is 10.0. The summed E-state index contributed by atoms with van der Waals surface area (Å²) in [6.07, 6.45) is 4.14. The lowest BCUT2D eigenvalue weighted by Gasteiger charge is -2.34. The molecule has 0 aromatic heterocycles. The summed E-state index contributed by atoms with van der Waals surface area (Å²) in [7, 11) is -2.58. The van der Waals surface area contributed by atoms with Crippen LogP contribution < -0.4 is 14.4 Å². The first-order valence-electron chi connectivity index (χ1n) is 16.6. The minimum Gasteiger partial charge on any atom is -0.497 e. The van der Waals surface area contributed by atoms with Gasteiger partial charge in [-0.3, -0.25) is 13.9 Å². The fourth-order valence-electron chi connectivity index (χ4n) is 6.16. The van der Waals surface area contributed by atoms with Crippen LogP contribution in [0.2, 0.25) is 0 Å². The summed E-state index contributed by atoms with van der Waals surface area (Å²) in [4.78, 5) is 30.5. The first kappa shape index (κ1) is 34.7. The van der Waals surface area contributed by atoms with E-state index >= 15 is 0 Å². The van der Waals surface area contributed by atoms with Gasteiger partial charge >= 0.3 is 0 Å². The number of sulfonamides is 1. The smallest absolute Gasteiger partial charge is 0.264 e. The largest absolute Gasteiger partial charge is 0.497 e. The van der Waals surface area contributed by atoms with Crippen molar-refractivity contribution >= 4 is 27.5 Å². The molecule has 0 spiro atoms. The van der Waals surface area contributed by atoms with E-state index in [1.165, 1.54) is 17.0 Å². The normalized spacial score (nSPS) is 14.0. The second-order valence-corrected chi connectivity index (χ2v) is 14.5. The van der Waals surface area contributed by atoms with Crippen molar-refractivity contribution in [1.29, 1.82) is 0 Å². The average molecular weight is 668 g/mol. The van der Waals surface area contributed by atoms with Gasteiger partial charge in [0.25, 0.3) is 10.0 Å². The van der Waals surface area contributed by atoms with Gasteiger partial charge in [-0.15, -0.1) is 0 Å². The van der Waals surface area contributed by atoms with Gasteiger partial charge in [0.15, 0.2) is 0 Å². The van der Waals surface area contributed by atoms with Crippen molar-refractivity contribution < 1.29 is 22.7 Å². The molecular formula is C39H45N3O5S. The number of rotatable bonds is 14. The van der Waals surface area contributed by atoms with E-state index in [-0.39, 0.29) is 35.7 Å². The van der Waals surface area contributed by atoms with Crippen molar-refractivity contribution in [3.8, 4) is 5.75 Å². The van der Waals surface area contributed by atoms with Crippen molar-refractivity contribution in [2.24, 2.45) is 0 Å². The second kappa shape index (κ2) is 16.0. The summed E-state index contributed by atoms with van der Waals surface area (Å²) in [5.74, 6) is 0.122. The Morgan fingerprint density at radius 3 is 2.08 bits per heavy atom. The highest BCUT2D eigenvalue weighted by atomic mass is 32.2. The van der Waals surface area contributed by atoms with Crippen LogP contribution in [0.25, 0.3) is 0 Å². The van der Waals surface area contributed by atoms with Crippen LogP contribution in [-0.4, -0.2) is 50.9 Å². The fraction of sp³-hybridized carbons (Fsp3) is 0.333. The molecule has 1 saturated carbocycles. The van der Waals surface area contributed by atoms with E-state index in [9.17, 15) is 18.0 Å². The molecule has 1 aliphatic carbocycles. The van der Waals surface area contributed by atoms with E-state index < -0.39 is 28.5 Å². The standard InChI is InChI=1S/C39H45N3O5S/c1-29(2)32-21-23-34(24-22-32)42(48(45,46)36-19-8-5-9-20-36)28-38(43)41(27-31-15-12-18-35(25-31)47-3)37(26-30-13-6-4-7-14-30)39(44)40-33-16-10-11-17-33/h4-9,12-15,18-25,29,33,37H,10-11,16-17,26-28H2,1-3H3,(H,40,44)/t37-/m0/s1. The van der Waals surface area contributed by atoms with Crippen LogP contribution >= 0.6 is 0 Å². The first-order valence-corrected chi connectivity index (χ1v) is 18.0. The predicted octanol–water partition coefficient (Wildman–Crippen LogP) is 6.71. The van der Waals surface area contributed by atoms with Crippen LogP contribution in [0.4, 0.5) is 5.69 Å². The van der Waals surface area contributed by atoms with Crippen molar-refractivity contribution in [3.63, 3.8) is 0 Å². The third-order valence-electron chi connectivity index (χ3n) is 8.92. The van der Waals surface area contributed by atoms with E-state index in [1.54, 1.807) is 37.4 Å². The van der Waals surface area contributed by atoms with Crippen LogP contribution in [0.1, 0.15) is 62.1 Å². The Morgan fingerprint density at radius 2 is 1.46 bits per heavy atom. The fourth-order valence-corrected chi connectivity index (χ4v) is 7.60. The number of carbonyl (C=O) groups excluding carboxylic acids is 2. The van der Waals surface area contributed by atoms with Gasteiger partial charge in [-0.25, -0.2) is 8.42 Å². The van der Waals surface area contributed by atoms with Crippen LogP contribution in [0.15, 0.2) is 114 Å². The Morgan fingerprint density at radius 1 is 0.833 bits per heavy atom.